The lowest BCUT2D eigenvalue weighted by Crippen LogP contribution is -2.40. The molecule has 3 aliphatic rings. The van der Waals surface area contributed by atoms with E-state index >= 15 is 0 Å². The molecule has 3 heteroatoms. The van der Waals surface area contributed by atoms with Crippen molar-refractivity contribution in [1.29, 1.82) is 0 Å². The van der Waals surface area contributed by atoms with Crippen molar-refractivity contribution in [3.63, 3.8) is 0 Å². The van der Waals surface area contributed by atoms with Crippen LogP contribution in [0.15, 0.2) is 16.8 Å². The molecule has 1 aromatic rings. The maximum absolute atomic E-state index is 2.76. The van der Waals surface area contributed by atoms with E-state index in [1.807, 2.05) is 11.3 Å². The lowest BCUT2D eigenvalue weighted by molar-refractivity contribution is 0.143. The Morgan fingerprint density at radius 3 is 2.68 bits per heavy atom. The van der Waals surface area contributed by atoms with Crippen LogP contribution in [0.25, 0.3) is 0 Å². The molecule has 0 spiro atoms. The first kappa shape index (κ1) is 12.4. The van der Waals surface area contributed by atoms with Gasteiger partial charge < -0.3 is 4.90 Å². The van der Waals surface area contributed by atoms with Gasteiger partial charge in [0.05, 0.1) is 0 Å². The Hall–Kier alpha value is -0.380. The molecule has 0 radical (unpaired) electrons. The van der Waals surface area contributed by atoms with E-state index in [0.717, 1.165) is 17.8 Å². The van der Waals surface area contributed by atoms with Gasteiger partial charge in [0.15, 0.2) is 0 Å². The smallest absolute Gasteiger partial charge is 0.0242 e. The molecule has 2 aliphatic heterocycles. The maximum Gasteiger partial charge on any atom is 0.0242 e. The van der Waals surface area contributed by atoms with Gasteiger partial charge in [0.2, 0.25) is 0 Å². The van der Waals surface area contributed by atoms with Crippen molar-refractivity contribution in [1.82, 2.24) is 9.80 Å². The molecule has 2 nitrogen and oxygen atoms in total. The van der Waals surface area contributed by atoms with E-state index in [1.165, 1.54) is 64.1 Å². The summed E-state index contributed by atoms with van der Waals surface area (Å²) in [5.41, 5.74) is 1.51. The number of nitrogens with zero attached hydrogens (tertiary/aromatic N) is 2. The second-order valence-electron chi connectivity index (χ2n) is 6.84. The number of likely N-dealkylation sites (tertiary alicyclic amines) is 2. The fourth-order valence-electron chi connectivity index (χ4n) is 3.94. The maximum atomic E-state index is 2.76. The summed E-state index contributed by atoms with van der Waals surface area (Å²) in [6.45, 7) is 8.00. The molecule has 19 heavy (non-hydrogen) atoms. The molecule has 0 bridgehead atoms. The Morgan fingerprint density at radius 1 is 1.05 bits per heavy atom. The molecule has 0 amide bonds. The molecular weight excluding hydrogens is 252 g/mol. The summed E-state index contributed by atoms with van der Waals surface area (Å²) in [5.74, 6) is 2.99. The fourth-order valence-corrected chi connectivity index (χ4v) is 4.60. The van der Waals surface area contributed by atoms with Crippen LogP contribution >= 0.6 is 11.3 Å². The second-order valence-corrected chi connectivity index (χ2v) is 7.62. The van der Waals surface area contributed by atoms with Crippen LogP contribution < -0.4 is 0 Å². The molecule has 0 aromatic carbocycles. The third kappa shape index (κ3) is 2.88. The molecule has 104 valence electrons. The van der Waals surface area contributed by atoms with Crippen molar-refractivity contribution in [3.05, 3.63) is 22.4 Å². The highest BCUT2D eigenvalue weighted by Gasteiger charge is 2.38. The molecular formula is C16H24N2S. The molecule has 1 saturated carbocycles. The standard InChI is InChI=1S/C16H24N2S/c1-2-13(1)7-17-5-3-15-9-18(11-16(15)10-17)8-14-4-6-19-12-14/h4,6,12-13,15-16H,1-3,5,7-11H2/t15-,16+/m1/s1. The van der Waals surface area contributed by atoms with Crippen LogP contribution in [0.2, 0.25) is 0 Å². The number of piperidine rings is 1. The number of hydrogen-bond donors (Lipinski definition) is 0. The van der Waals surface area contributed by atoms with Crippen molar-refractivity contribution in [2.45, 2.75) is 25.8 Å². The number of thiophene rings is 1. The fraction of sp³-hybridized carbons (Fsp3) is 0.750. The van der Waals surface area contributed by atoms with Crippen molar-refractivity contribution in [2.75, 3.05) is 32.7 Å². The van der Waals surface area contributed by atoms with Gasteiger partial charge in [0.25, 0.3) is 0 Å². The van der Waals surface area contributed by atoms with Gasteiger partial charge in [-0.05, 0) is 66.0 Å². The predicted molar refractivity (Wildman–Crippen MR) is 80.4 cm³/mol. The minimum Gasteiger partial charge on any atom is -0.303 e. The SMILES string of the molecule is c1cc(CN2C[C@H]3CCN(CC4CC4)C[C@H]3C2)cs1. The van der Waals surface area contributed by atoms with Gasteiger partial charge in [0, 0.05) is 32.7 Å². The van der Waals surface area contributed by atoms with Crippen LogP contribution in [0.1, 0.15) is 24.8 Å². The lowest BCUT2D eigenvalue weighted by atomic mass is 9.88. The van der Waals surface area contributed by atoms with Crippen LogP contribution in [-0.2, 0) is 6.54 Å². The van der Waals surface area contributed by atoms with Crippen molar-refractivity contribution >= 4 is 11.3 Å². The third-order valence-corrected chi connectivity index (χ3v) is 5.89. The summed E-state index contributed by atoms with van der Waals surface area (Å²) in [6.07, 6.45) is 4.43. The average molecular weight is 276 g/mol. The zero-order valence-electron chi connectivity index (χ0n) is 11.6. The average Bonchev–Trinajstić information content (AvgIpc) is 2.91. The molecule has 0 unspecified atom stereocenters. The highest BCUT2D eigenvalue weighted by molar-refractivity contribution is 7.07. The van der Waals surface area contributed by atoms with E-state index in [0.29, 0.717) is 0 Å². The van der Waals surface area contributed by atoms with Gasteiger partial charge in [-0.2, -0.15) is 11.3 Å². The van der Waals surface area contributed by atoms with Gasteiger partial charge in [-0.3, -0.25) is 4.90 Å². The van der Waals surface area contributed by atoms with Crippen molar-refractivity contribution in [3.8, 4) is 0 Å². The second kappa shape index (κ2) is 5.19. The Morgan fingerprint density at radius 2 is 1.89 bits per heavy atom. The lowest BCUT2D eigenvalue weighted by Gasteiger charge is -2.34. The first-order chi connectivity index (χ1) is 9.37. The first-order valence-corrected chi connectivity index (χ1v) is 8.77. The summed E-state index contributed by atoms with van der Waals surface area (Å²) in [5, 5.41) is 4.51. The monoisotopic (exact) mass is 276 g/mol. The van der Waals surface area contributed by atoms with Crippen molar-refractivity contribution < 1.29 is 0 Å². The van der Waals surface area contributed by atoms with E-state index in [1.54, 1.807) is 0 Å². The van der Waals surface area contributed by atoms with Crippen LogP contribution in [0.5, 0.6) is 0 Å². The number of fused-ring (bicyclic) bond motifs is 1. The zero-order chi connectivity index (χ0) is 12.7. The summed E-state index contributed by atoms with van der Waals surface area (Å²) in [6, 6.07) is 2.28. The summed E-state index contributed by atoms with van der Waals surface area (Å²) in [4.78, 5) is 5.45. The Labute approximate surface area is 120 Å². The molecule has 0 N–H and O–H groups in total. The van der Waals surface area contributed by atoms with Gasteiger partial charge in [-0.25, -0.2) is 0 Å². The van der Waals surface area contributed by atoms with Gasteiger partial charge in [-0.15, -0.1) is 0 Å². The highest BCUT2D eigenvalue weighted by atomic mass is 32.1. The molecule has 2 atom stereocenters. The first-order valence-electron chi connectivity index (χ1n) is 7.82. The molecule has 2 saturated heterocycles. The number of rotatable bonds is 4. The van der Waals surface area contributed by atoms with Gasteiger partial charge >= 0.3 is 0 Å². The van der Waals surface area contributed by atoms with Crippen LogP contribution in [0, 0.1) is 17.8 Å². The van der Waals surface area contributed by atoms with Gasteiger partial charge in [0.1, 0.15) is 0 Å². The van der Waals surface area contributed by atoms with E-state index in [9.17, 15) is 0 Å². The highest BCUT2D eigenvalue weighted by Crippen LogP contribution is 2.35. The summed E-state index contributed by atoms with van der Waals surface area (Å²) in [7, 11) is 0. The van der Waals surface area contributed by atoms with E-state index in [2.05, 4.69) is 26.6 Å². The van der Waals surface area contributed by atoms with Crippen LogP contribution in [0.3, 0.4) is 0 Å². The van der Waals surface area contributed by atoms with Crippen molar-refractivity contribution in [2.24, 2.45) is 17.8 Å². The zero-order valence-corrected chi connectivity index (χ0v) is 12.4. The van der Waals surface area contributed by atoms with E-state index < -0.39 is 0 Å². The third-order valence-electron chi connectivity index (χ3n) is 5.16. The van der Waals surface area contributed by atoms with Crippen LogP contribution in [0.4, 0.5) is 0 Å². The Bertz CT molecular complexity index is 412. The summed E-state index contributed by atoms with van der Waals surface area (Å²) < 4.78 is 0. The molecule has 4 rings (SSSR count). The largest absolute Gasteiger partial charge is 0.303 e. The normalized spacial score (nSPS) is 32.6. The minimum absolute atomic E-state index is 0.950. The quantitative estimate of drug-likeness (QED) is 0.834. The Balaban J connectivity index is 1.32. The van der Waals surface area contributed by atoms with E-state index in [-0.39, 0.29) is 0 Å². The van der Waals surface area contributed by atoms with Gasteiger partial charge in [-0.1, -0.05) is 0 Å². The molecule has 3 heterocycles. The Kier molecular flexibility index (Phi) is 3.38. The summed E-state index contributed by atoms with van der Waals surface area (Å²) >= 11 is 1.83. The number of hydrogen-bond acceptors (Lipinski definition) is 3. The molecule has 3 fully saturated rings. The minimum atomic E-state index is 0.950. The van der Waals surface area contributed by atoms with Crippen LogP contribution in [-0.4, -0.2) is 42.5 Å². The van der Waals surface area contributed by atoms with E-state index in [4.69, 9.17) is 0 Å². The predicted octanol–water partition coefficient (Wildman–Crippen LogP) is 2.91. The molecule has 1 aliphatic carbocycles. The topological polar surface area (TPSA) is 6.48 Å². The molecule has 1 aromatic heterocycles.